The first kappa shape index (κ1) is 53.8. The molecule has 0 N–H and O–H groups in total. The van der Waals surface area contributed by atoms with Gasteiger partial charge in [0.05, 0.1) is 0 Å². The third-order valence-corrected chi connectivity index (χ3v) is 8.80. The fourth-order valence-corrected chi connectivity index (χ4v) is 5.38. The summed E-state index contributed by atoms with van der Waals surface area (Å²) < 4.78 is 16.6. The van der Waals surface area contributed by atoms with Crippen LogP contribution in [0.1, 0.15) is 168 Å². The Morgan fingerprint density at radius 1 is 0.379 bits per heavy atom. The molecule has 0 bridgehead atoms. The molecule has 6 nitrogen and oxygen atoms in total. The summed E-state index contributed by atoms with van der Waals surface area (Å²) in [5.41, 5.74) is 0. The largest absolute Gasteiger partial charge is 0.462 e. The molecule has 0 fully saturated rings. The van der Waals surface area contributed by atoms with E-state index in [2.05, 4.69) is 87.6 Å². The Hall–Kier alpha value is -4.19. The predicted molar refractivity (Wildman–Crippen MR) is 246 cm³/mol. The summed E-state index contributed by atoms with van der Waals surface area (Å²) in [6, 6.07) is 0. The molecule has 6 heteroatoms. The third kappa shape index (κ3) is 42.9. The Morgan fingerprint density at radius 3 is 1.33 bits per heavy atom. The van der Waals surface area contributed by atoms with Crippen molar-refractivity contribution in [1.29, 1.82) is 0 Å². The highest BCUT2D eigenvalue weighted by molar-refractivity contribution is 5.71. The lowest BCUT2D eigenvalue weighted by molar-refractivity contribution is -0.167. The zero-order chi connectivity index (χ0) is 42.3. The van der Waals surface area contributed by atoms with Gasteiger partial charge in [-0.15, -0.1) is 0 Å². The van der Waals surface area contributed by atoms with E-state index in [1.807, 2.05) is 54.7 Å². The molecule has 324 valence electrons. The van der Waals surface area contributed by atoms with Crippen molar-refractivity contribution in [2.45, 2.75) is 175 Å². The summed E-state index contributed by atoms with van der Waals surface area (Å²) in [6.07, 6.45) is 62.0. The maximum absolute atomic E-state index is 12.7. The van der Waals surface area contributed by atoms with Crippen molar-refractivity contribution < 1.29 is 28.6 Å². The highest BCUT2D eigenvalue weighted by atomic mass is 16.6. The first-order valence-electron chi connectivity index (χ1n) is 22.6. The van der Waals surface area contributed by atoms with Crippen molar-refractivity contribution >= 4 is 17.9 Å². The molecule has 0 saturated carbocycles. The van der Waals surface area contributed by atoms with E-state index in [0.717, 1.165) is 70.6 Å². The molecule has 0 heterocycles. The lowest BCUT2D eigenvalue weighted by Gasteiger charge is -2.18. The number of unbranched alkanes of at least 4 members (excludes halogenated alkanes) is 11. The van der Waals surface area contributed by atoms with Crippen LogP contribution in [0, 0.1) is 0 Å². The average molecular weight is 801 g/mol. The molecule has 1 atom stereocenters. The van der Waals surface area contributed by atoms with Gasteiger partial charge in [-0.2, -0.15) is 0 Å². The second-order valence-electron chi connectivity index (χ2n) is 14.3. The number of rotatable bonds is 38. The van der Waals surface area contributed by atoms with Gasteiger partial charge < -0.3 is 14.2 Å². The van der Waals surface area contributed by atoms with E-state index in [-0.39, 0.29) is 38.0 Å². The minimum absolute atomic E-state index is 0.134. The fraction of sp³-hybridized carbons (Fsp3) is 0.558. The van der Waals surface area contributed by atoms with Crippen LogP contribution < -0.4 is 0 Å². The molecule has 0 aromatic heterocycles. The van der Waals surface area contributed by atoms with Gasteiger partial charge in [-0.25, -0.2) is 0 Å². The second-order valence-corrected chi connectivity index (χ2v) is 14.3. The Balaban J connectivity index is 4.61. The van der Waals surface area contributed by atoms with Gasteiger partial charge in [-0.3, -0.25) is 14.4 Å². The molecule has 0 aliphatic heterocycles. The second kappa shape index (κ2) is 45.5. The van der Waals surface area contributed by atoms with Crippen molar-refractivity contribution in [3.63, 3.8) is 0 Å². The van der Waals surface area contributed by atoms with Crippen LogP contribution in [0.25, 0.3) is 0 Å². The molecule has 0 saturated heterocycles. The van der Waals surface area contributed by atoms with Gasteiger partial charge in [-0.05, 0) is 89.9 Å². The van der Waals surface area contributed by atoms with E-state index >= 15 is 0 Å². The van der Waals surface area contributed by atoms with Gasteiger partial charge in [-0.1, -0.05) is 181 Å². The van der Waals surface area contributed by atoms with Crippen LogP contribution in [-0.2, 0) is 28.6 Å². The summed E-state index contributed by atoms with van der Waals surface area (Å²) in [5, 5.41) is 0. The van der Waals surface area contributed by atoms with E-state index in [9.17, 15) is 14.4 Å². The van der Waals surface area contributed by atoms with E-state index in [0.29, 0.717) is 25.7 Å². The lowest BCUT2D eigenvalue weighted by atomic mass is 10.1. The Kier molecular flexibility index (Phi) is 42.2. The molecular formula is C52H80O6. The van der Waals surface area contributed by atoms with E-state index in [1.165, 1.54) is 38.5 Å². The normalized spacial score (nSPS) is 13.2. The van der Waals surface area contributed by atoms with Crippen molar-refractivity contribution in [2.75, 3.05) is 13.2 Å². The van der Waals surface area contributed by atoms with Crippen LogP contribution in [0.3, 0.4) is 0 Å². The van der Waals surface area contributed by atoms with Gasteiger partial charge in [0.1, 0.15) is 13.2 Å². The minimum atomic E-state index is -0.842. The number of hydrogen-bond acceptors (Lipinski definition) is 6. The number of allylic oxidation sites excluding steroid dienone is 20. The smallest absolute Gasteiger partial charge is 0.306 e. The van der Waals surface area contributed by atoms with E-state index < -0.39 is 12.1 Å². The van der Waals surface area contributed by atoms with Crippen LogP contribution in [0.5, 0.6) is 0 Å². The average Bonchev–Trinajstić information content (AvgIpc) is 3.22. The van der Waals surface area contributed by atoms with Crippen molar-refractivity contribution in [2.24, 2.45) is 0 Å². The molecular weight excluding hydrogens is 721 g/mol. The predicted octanol–water partition coefficient (Wildman–Crippen LogP) is 14.6. The Bertz CT molecular complexity index is 1290. The molecule has 0 aliphatic rings. The molecule has 0 spiro atoms. The first-order chi connectivity index (χ1) is 28.5. The topological polar surface area (TPSA) is 78.9 Å². The third-order valence-electron chi connectivity index (χ3n) is 8.80. The SMILES string of the molecule is CC\C=C/C=C\C=C/C=C\C=C/CCCC(=O)OC(COC(=O)CCC/C=C\C/C=C\C/C=C\C/C=C\CCCCC)COC(=O)CCCCCC/C=C\CCCC. The van der Waals surface area contributed by atoms with Crippen LogP contribution in [0.4, 0.5) is 0 Å². The molecule has 0 aromatic rings. The quantitative estimate of drug-likeness (QED) is 0.0203. The maximum Gasteiger partial charge on any atom is 0.306 e. The monoisotopic (exact) mass is 801 g/mol. The molecule has 0 radical (unpaired) electrons. The van der Waals surface area contributed by atoms with Crippen LogP contribution in [0.15, 0.2) is 122 Å². The maximum atomic E-state index is 12.7. The Morgan fingerprint density at radius 2 is 0.776 bits per heavy atom. The van der Waals surface area contributed by atoms with Gasteiger partial charge >= 0.3 is 17.9 Å². The molecule has 1 unspecified atom stereocenters. The lowest BCUT2D eigenvalue weighted by Crippen LogP contribution is -2.30. The number of hydrogen-bond donors (Lipinski definition) is 0. The van der Waals surface area contributed by atoms with Crippen molar-refractivity contribution in [3.8, 4) is 0 Å². The highest BCUT2D eigenvalue weighted by Gasteiger charge is 2.19. The number of carbonyl (C=O) groups is 3. The van der Waals surface area contributed by atoms with Gasteiger partial charge in [0.25, 0.3) is 0 Å². The number of esters is 3. The van der Waals surface area contributed by atoms with E-state index in [1.54, 1.807) is 0 Å². The zero-order valence-corrected chi connectivity index (χ0v) is 36.8. The van der Waals surface area contributed by atoms with Crippen molar-refractivity contribution in [1.82, 2.24) is 0 Å². The summed E-state index contributed by atoms with van der Waals surface area (Å²) in [4.78, 5) is 37.7. The molecule has 0 aliphatic carbocycles. The standard InChI is InChI=1S/C52H80O6/c1-4-7-10-13-16-19-22-24-25-26-27-29-30-33-36-39-42-45-51(54)57-48-49(47-56-50(53)44-41-38-35-32-21-18-15-12-9-6-3)58-52(55)46-43-40-37-34-31-28-23-20-17-14-11-8-5-2/h8,11,14-20,23-25,27-29,31,33-34,36-37,49H,4-7,9-10,12-13,21-22,26,30,32,35,38-48H2,1-3H3/b11-8-,17-14-,18-15-,19-16-,23-20-,25-24-,29-27-,31-28-,36-33-,37-34-. The molecule has 0 amide bonds. The minimum Gasteiger partial charge on any atom is -0.462 e. The number of carbonyl (C=O) groups excluding carboxylic acids is 3. The van der Waals surface area contributed by atoms with Crippen LogP contribution >= 0.6 is 0 Å². The summed E-state index contributed by atoms with van der Waals surface area (Å²) in [5.74, 6) is -1.10. The summed E-state index contributed by atoms with van der Waals surface area (Å²) in [7, 11) is 0. The molecule has 0 aromatic carbocycles. The summed E-state index contributed by atoms with van der Waals surface area (Å²) >= 11 is 0. The van der Waals surface area contributed by atoms with Gasteiger partial charge in [0.2, 0.25) is 0 Å². The zero-order valence-electron chi connectivity index (χ0n) is 36.8. The molecule has 0 rings (SSSR count). The molecule has 58 heavy (non-hydrogen) atoms. The van der Waals surface area contributed by atoms with Crippen LogP contribution in [0.2, 0.25) is 0 Å². The van der Waals surface area contributed by atoms with Gasteiger partial charge in [0, 0.05) is 19.3 Å². The number of ether oxygens (including phenoxy) is 3. The first-order valence-corrected chi connectivity index (χ1v) is 22.6. The fourth-order valence-electron chi connectivity index (χ4n) is 5.38. The van der Waals surface area contributed by atoms with Crippen molar-refractivity contribution in [3.05, 3.63) is 122 Å². The van der Waals surface area contributed by atoms with Gasteiger partial charge in [0.15, 0.2) is 6.10 Å². The Labute approximate surface area is 354 Å². The van der Waals surface area contributed by atoms with Crippen LogP contribution in [-0.4, -0.2) is 37.2 Å². The highest BCUT2D eigenvalue weighted by Crippen LogP contribution is 2.10. The van der Waals surface area contributed by atoms with E-state index in [4.69, 9.17) is 14.2 Å². The summed E-state index contributed by atoms with van der Waals surface area (Å²) in [6.45, 7) is 6.26.